The first-order chi connectivity index (χ1) is 7.72. The Kier molecular flexibility index (Phi) is 2.99. The summed E-state index contributed by atoms with van der Waals surface area (Å²) in [6.45, 7) is 2.52. The monoisotopic (exact) mass is 215 g/mol. The number of esters is 1. The molecule has 0 N–H and O–H groups in total. The summed E-state index contributed by atoms with van der Waals surface area (Å²) in [5.74, 6) is -0.193. The van der Waals surface area contributed by atoms with Crippen molar-refractivity contribution in [1.29, 1.82) is 0 Å². The number of fused-ring (bicyclic) bond motifs is 1. The summed E-state index contributed by atoms with van der Waals surface area (Å²) in [7, 11) is 2.07. The molecule has 0 saturated heterocycles. The van der Waals surface area contributed by atoms with Crippen molar-refractivity contribution in [2.75, 3.05) is 6.61 Å². The number of hydrogen-bond acceptors (Lipinski definition) is 2. The number of carbonyl (C=O) groups is 1. The lowest BCUT2D eigenvalue weighted by Crippen LogP contribution is -2.13. The Labute approximate surface area is 95.4 Å². The van der Waals surface area contributed by atoms with Gasteiger partial charge in [0.2, 0.25) is 0 Å². The lowest BCUT2D eigenvalue weighted by Gasteiger charge is -2.05. The largest absolute Gasteiger partial charge is 0.465 e. The third-order valence-electron chi connectivity index (χ3n) is 2.64. The third-order valence-corrected chi connectivity index (χ3v) is 2.64. The molecule has 0 unspecified atom stereocenters. The van der Waals surface area contributed by atoms with Crippen LogP contribution in [0.2, 0.25) is 0 Å². The first-order valence-electron chi connectivity index (χ1n) is 5.42. The minimum absolute atomic E-state index is 0.193. The van der Waals surface area contributed by atoms with Crippen molar-refractivity contribution in [1.82, 2.24) is 4.57 Å². The second kappa shape index (κ2) is 4.43. The van der Waals surface area contributed by atoms with Gasteiger partial charge < -0.3 is 9.30 Å². The molecule has 0 spiro atoms. The summed E-state index contributed by atoms with van der Waals surface area (Å²) in [5, 5.41) is 1.19. The van der Waals surface area contributed by atoms with E-state index in [0.717, 1.165) is 5.52 Å². The summed E-state index contributed by atoms with van der Waals surface area (Å²) in [6, 6.07) is 8.11. The van der Waals surface area contributed by atoms with Crippen LogP contribution in [-0.2, 0) is 16.1 Å². The van der Waals surface area contributed by atoms with Gasteiger partial charge in [-0.05, 0) is 24.4 Å². The van der Waals surface area contributed by atoms with Crippen LogP contribution in [0.15, 0.2) is 30.5 Å². The summed E-state index contributed by atoms with van der Waals surface area (Å²) in [4.78, 5) is 11.4. The van der Waals surface area contributed by atoms with E-state index in [1.165, 1.54) is 10.8 Å². The molecule has 0 radical (unpaired) electrons. The number of benzene rings is 1. The molecule has 0 saturated carbocycles. The predicted molar refractivity (Wildman–Crippen MR) is 66.7 cm³/mol. The Morgan fingerprint density at radius 1 is 1.44 bits per heavy atom. The molecular weight excluding hydrogens is 201 g/mol. The molecule has 1 heterocycles. The number of hydrogen-bond donors (Lipinski definition) is 0. The average molecular weight is 215 g/mol. The zero-order valence-corrected chi connectivity index (χ0v) is 9.56. The van der Waals surface area contributed by atoms with Crippen LogP contribution < -0.4 is 5.46 Å². The van der Waals surface area contributed by atoms with Gasteiger partial charge in [0, 0.05) is 11.7 Å². The second-order valence-corrected chi connectivity index (χ2v) is 3.76. The highest BCUT2D eigenvalue weighted by Crippen LogP contribution is 2.12. The van der Waals surface area contributed by atoms with E-state index in [1.54, 1.807) is 0 Å². The van der Waals surface area contributed by atoms with Gasteiger partial charge in [-0.15, -0.1) is 0 Å². The Hall–Kier alpha value is -1.71. The molecule has 0 amide bonds. The SMILES string of the molecule is Bc1cccc2c1ccn2CC(=O)OCC. The topological polar surface area (TPSA) is 31.2 Å². The minimum Gasteiger partial charge on any atom is -0.465 e. The van der Waals surface area contributed by atoms with Gasteiger partial charge in [-0.3, -0.25) is 4.79 Å². The van der Waals surface area contributed by atoms with E-state index < -0.39 is 0 Å². The standard InChI is InChI=1S/C12H14BNO2/c1-2-16-12(15)8-14-7-6-9-10(13)4-3-5-11(9)14/h3-7H,2,8,13H2,1H3. The first-order valence-corrected chi connectivity index (χ1v) is 5.42. The molecule has 0 aliphatic heterocycles. The lowest BCUT2D eigenvalue weighted by molar-refractivity contribution is -0.143. The molecular formula is C12H14BNO2. The van der Waals surface area contributed by atoms with Gasteiger partial charge in [0.05, 0.1) is 6.61 Å². The van der Waals surface area contributed by atoms with Crippen molar-refractivity contribution in [2.45, 2.75) is 13.5 Å². The maximum atomic E-state index is 11.4. The van der Waals surface area contributed by atoms with Crippen molar-refractivity contribution < 1.29 is 9.53 Å². The van der Waals surface area contributed by atoms with Crippen LogP contribution in [0.3, 0.4) is 0 Å². The number of carbonyl (C=O) groups excluding carboxylic acids is 1. The molecule has 0 aliphatic rings. The first kappa shape index (κ1) is 10.8. The number of nitrogens with zero attached hydrogens (tertiary/aromatic N) is 1. The Balaban J connectivity index is 2.32. The van der Waals surface area contributed by atoms with E-state index in [1.807, 2.05) is 35.9 Å². The molecule has 2 aromatic rings. The van der Waals surface area contributed by atoms with Crippen molar-refractivity contribution in [2.24, 2.45) is 0 Å². The average Bonchev–Trinajstić information content (AvgIpc) is 2.64. The fourth-order valence-corrected chi connectivity index (χ4v) is 1.86. The number of rotatable bonds is 3. The summed E-state index contributed by atoms with van der Waals surface area (Å²) >= 11 is 0. The molecule has 0 fully saturated rings. The molecule has 0 aliphatic carbocycles. The Morgan fingerprint density at radius 2 is 2.25 bits per heavy atom. The zero-order chi connectivity index (χ0) is 11.5. The normalized spacial score (nSPS) is 10.6. The summed E-state index contributed by atoms with van der Waals surface area (Å²) in [6.07, 6.45) is 1.93. The number of ether oxygens (including phenoxy) is 1. The molecule has 0 bridgehead atoms. The van der Waals surface area contributed by atoms with Crippen molar-refractivity contribution in [3.8, 4) is 0 Å². The molecule has 2 rings (SSSR count). The van der Waals surface area contributed by atoms with Gasteiger partial charge >= 0.3 is 5.97 Å². The second-order valence-electron chi connectivity index (χ2n) is 3.76. The highest BCUT2D eigenvalue weighted by molar-refractivity contribution is 6.38. The highest BCUT2D eigenvalue weighted by Gasteiger charge is 2.07. The van der Waals surface area contributed by atoms with Crippen molar-refractivity contribution in [3.63, 3.8) is 0 Å². The van der Waals surface area contributed by atoms with Gasteiger partial charge in [-0.1, -0.05) is 17.6 Å². The van der Waals surface area contributed by atoms with Gasteiger partial charge in [0.1, 0.15) is 14.4 Å². The quantitative estimate of drug-likeness (QED) is 0.550. The lowest BCUT2D eigenvalue weighted by atomic mass is 9.93. The summed E-state index contributed by atoms with van der Waals surface area (Å²) in [5.41, 5.74) is 2.30. The maximum Gasteiger partial charge on any atom is 0.325 e. The van der Waals surface area contributed by atoms with Crippen LogP contribution in [0.25, 0.3) is 10.9 Å². The molecule has 1 aromatic carbocycles. The van der Waals surface area contributed by atoms with Gasteiger partial charge in [-0.25, -0.2) is 0 Å². The van der Waals surface area contributed by atoms with Crippen LogP contribution in [0, 0.1) is 0 Å². The van der Waals surface area contributed by atoms with Gasteiger partial charge in [-0.2, -0.15) is 0 Å². The van der Waals surface area contributed by atoms with E-state index in [0.29, 0.717) is 6.61 Å². The number of aromatic nitrogens is 1. The van der Waals surface area contributed by atoms with Crippen LogP contribution >= 0.6 is 0 Å². The van der Waals surface area contributed by atoms with E-state index in [-0.39, 0.29) is 12.5 Å². The van der Waals surface area contributed by atoms with E-state index in [2.05, 4.69) is 13.9 Å². The van der Waals surface area contributed by atoms with E-state index in [4.69, 9.17) is 4.74 Å². The van der Waals surface area contributed by atoms with Crippen LogP contribution in [0.4, 0.5) is 0 Å². The third kappa shape index (κ3) is 1.96. The molecule has 1 aromatic heterocycles. The minimum atomic E-state index is -0.193. The van der Waals surface area contributed by atoms with Crippen LogP contribution in [0.1, 0.15) is 6.92 Å². The Morgan fingerprint density at radius 3 is 3.00 bits per heavy atom. The predicted octanol–water partition coefficient (Wildman–Crippen LogP) is 0.463. The van der Waals surface area contributed by atoms with Gasteiger partial charge in [0.15, 0.2) is 0 Å². The van der Waals surface area contributed by atoms with Crippen molar-refractivity contribution in [3.05, 3.63) is 30.5 Å². The molecule has 4 heteroatoms. The fraction of sp³-hybridized carbons (Fsp3) is 0.250. The van der Waals surface area contributed by atoms with E-state index in [9.17, 15) is 4.79 Å². The van der Waals surface area contributed by atoms with Gasteiger partial charge in [0.25, 0.3) is 0 Å². The van der Waals surface area contributed by atoms with Crippen LogP contribution in [-0.4, -0.2) is 25.0 Å². The van der Waals surface area contributed by atoms with Crippen LogP contribution in [0.5, 0.6) is 0 Å². The smallest absolute Gasteiger partial charge is 0.325 e. The summed E-state index contributed by atoms with van der Waals surface area (Å²) < 4.78 is 6.85. The van der Waals surface area contributed by atoms with Crippen molar-refractivity contribution >= 4 is 30.2 Å². The maximum absolute atomic E-state index is 11.4. The molecule has 16 heavy (non-hydrogen) atoms. The molecule has 3 nitrogen and oxygen atoms in total. The highest BCUT2D eigenvalue weighted by atomic mass is 16.5. The molecule has 82 valence electrons. The van der Waals surface area contributed by atoms with E-state index >= 15 is 0 Å². The zero-order valence-electron chi connectivity index (χ0n) is 9.56. The molecule has 0 atom stereocenters. The Bertz CT molecular complexity index is 519. The fourth-order valence-electron chi connectivity index (χ4n) is 1.86.